The van der Waals surface area contributed by atoms with Crippen LogP contribution < -0.4 is 5.32 Å². The Bertz CT molecular complexity index is 580. The molecule has 19 heavy (non-hydrogen) atoms. The summed E-state index contributed by atoms with van der Waals surface area (Å²) in [6.07, 6.45) is 0. The lowest BCUT2D eigenvalue weighted by atomic mass is 10.2. The lowest BCUT2D eigenvalue weighted by Crippen LogP contribution is -2.18. The van der Waals surface area contributed by atoms with Crippen LogP contribution in [0.3, 0.4) is 0 Å². The summed E-state index contributed by atoms with van der Waals surface area (Å²) in [5.41, 5.74) is 0.124. The summed E-state index contributed by atoms with van der Waals surface area (Å²) in [5.74, 6) is -2.93. The van der Waals surface area contributed by atoms with Gasteiger partial charge in [-0.15, -0.1) is 11.3 Å². The predicted molar refractivity (Wildman–Crippen MR) is 70.6 cm³/mol. The molecule has 5 heteroatoms. The molecule has 0 spiro atoms. The first-order valence-corrected chi connectivity index (χ1v) is 6.72. The van der Waals surface area contributed by atoms with Gasteiger partial charge in [-0.2, -0.15) is 0 Å². The third kappa shape index (κ3) is 3.36. The Morgan fingerprint density at radius 1 is 1.11 bits per heavy atom. The van der Waals surface area contributed by atoms with Crippen LogP contribution in [0.2, 0.25) is 0 Å². The van der Waals surface area contributed by atoms with Gasteiger partial charge in [0.1, 0.15) is 5.82 Å². The first kappa shape index (κ1) is 14.1. The summed E-state index contributed by atoms with van der Waals surface area (Å²) in [5, 5.41) is 3.10. The van der Waals surface area contributed by atoms with E-state index in [1.807, 2.05) is 26.0 Å². The topological polar surface area (TPSA) is 12.0 Å². The molecular weight excluding hydrogens is 271 g/mol. The van der Waals surface area contributed by atoms with Crippen LogP contribution in [-0.4, -0.2) is 0 Å². The van der Waals surface area contributed by atoms with E-state index in [9.17, 15) is 13.2 Å². The largest absolute Gasteiger partial charge is 0.305 e. The van der Waals surface area contributed by atoms with Gasteiger partial charge in [-0.25, -0.2) is 13.2 Å². The summed E-state index contributed by atoms with van der Waals surface area (Å²) in [7, 11) is 0. The van der Waals surface area contributed by atoms with Crippen LogP contribution in [0.4, 0.5) is 13.2 Å². The van der Waals surface area contributed by atoms with Crippen LogP contribution in [0.25, 0.3) is 0 Å². The van der Waals surface area contributed by atoms with E-state index in [1.54, 1.807) is 11.3 Å². The molecule has 0 saturated carbocycles. The van der Waals surface area contributed by atoms with Gasteiger partial charge in [-0.1, -0.05) is 0 Å². The quantitative estimate of drug-likeness (QED) is 0.825. The summed E-state index contributed by atoms with van der Waals surface area (Å²) < 4.78 is 39.3. The molecule has 0 saturated heterocycles. The maximum absolute atomic E-state index is 13.4. The minimum Gasteiger partial charge on any atom is -0.305 e. The van der Waals surface area contributed by atoms with E-state index in [0.717, 1.165) is 10.9 Å². The van der Waals surface area contributed by atoms with Gasteiger partial charge in [-0.3, -0.25) is 0 Å². The van der Waals surface area contributed by atoms with E-state index in [-0.39, 0.29) is 18.2 Å². The maximum atomic E-state index is 13.4. The van der Waals surface area contributed by atoms with Crippen molar-refractivity contribution in [1.82, 2.24) is 5.32 Å². The molecular formula is C14H14F3NS. The van der Waals surface area contributed by atoms with Crippen molar-refractivity contribution in [2.75, 3.05) is 0 Å². The molecule has 1 N–H and O–H groups in total. The number of rotatable bonds is 4. The van der Waals surface area contributed by atoms with Crippen molar-refractivity contribution < 1.29 is 13.2 Å². The minimum atomic E-state index is -1.16. The molecule has 0 bridgehead atoms. The molecule has 0 aliphatic rings. The van der Waals surface area contributed by atoms with Gasteiger partial charge in [0, 0.05) is 34.0 Å². The lowest BCUT2D eigenvalue weighted by Gasteiger charge is -2.12. The van der Waals surface area contributed by atoms with Gasteiger partial charge in [0.2, 0.25) is 0 Å². The second-order valence-corrected chi connectivity index (χ2v) is 5.73. The van der Waals surface area contributed by atoms with Crippen molar-refractivity contribution in [2.24, 2.45) is 0 Å². The number of hydrogen-bond donors (Lipinski definition) is 1. The van der Waals surface area contributed by atoms with E-state index in [4.69, 9.17) is 0 Å². The highest BCUT2D eigenvalue weighted by atomic mass is 32.1. The summed E-state index contributed by atoms with van der Waals surface area (Å²) >= 11 is 1.65. The normalized spacial score (nSPS) is 12.7. The summed E-state index contributed by atoms with van der Waals surface area (Å²) in [4.78, 5) is 2.32. The van der Waals surface area contributed by atoms with Crippen molar-refractivity contribution in [1.29, 1.82) is 0 Å². The highest BCUT2D eigenvalue weighted by molar-refractivity contribution is 7.12. The van der Waals surface area contributed by atoms with Crippen LogP contribution in [-0.2, 0) is 6.54 Å². The first-order chi connectivity index (χ1) is 8.97. The molecule has 1 heterocycles. The van der Waals surface area contributed by atoms with Gasteiger partial charge in [-0.05, 0) is 32.0 Å². The molecule has 0 fully saturated rings. The van der Waals surface area contributed by atoms with Crippen molar-refractivity contribution >= 4 is 11.3 Å². The lowest BCUT2D eigenvalue weighted by molar-refractivity contribution is 0.482. The van der Waals surface area contributed by atoms with Crippen LogP contribution >= 0.6 is 11.3 Å². The van der Waals surface area contributed by atoms with E-state index in [1.165, 1.54) is 4.88 Å². The zero-order chi connectivity index (χ0) is 14.0. The fourth-order valence-corrected chi connectivity index (χ4v) is 2.65. The SMILES string of the molecule is Cc1ccc(C(C)NCc2cc(F)c(F)cc2F)s1. The highest BCUT2D eigenvalue weighted by Crippen LogP contribution is 2.23. The van der Waals surface area contributed by atoms with Gasteiger partial charge < -0.3 is 5.32 Å². The standard InChI is InChI=1S/C14H14F3NS/c1-8-3-4-14(19-8)9(2)18-7-10-5-12(16)13(17)6-11(10)15/h3-6,9,18H,7H2,1-2H3. The first-order valence-electron chi connectivity index (χ1n) is 5.90. The molecule has 0 aliphatic heterocycles. The van der Waals surface area contributed by atoms with Crippen LogP contribution in [0.1, 0.15) is 28.3 Å². The summed E-state index contributed by atoms with van der Waals surface area (Å²) in [6, 6.07) is 5.51. The smallest absolute Gasteiger partial charge is 0.161 e. The van der Waals surface area contributed by atoms with E-state index >= 15 is 0 Å². The van der Waals surface area contributed by atoms with Crippen LogP contribution in [0.15, 0.2) is 24.3 Å². The second-order valence-electron chi connectivity index (χ2n) is 4.41. The Labute approximate surface area is 114 Å². The van der Waals surface area contributed by atoms with Gasteiger partial charge in [0.05, 0.1) is 0 Å². The van der Waals surface area contributed by atoms with E-state index in [2.05, 4.69) is 5.32 Å². The fraction of sp³-hybridized carbons (Fsp3) is 0.286. The number of thiophene rings is 1. The molecule has 1 nitrogen and oxygen atoms in total. The molecule has 1 unspecified atom stereocenters. The number of halogens is 3. The number of nitrogens with one attached hydrogen (secondary N) is 1. The fourth-order valence-electron chi connectivity index (χ4n) is 1.75. The Morgan fingerprint density at radius 2 is 1.79 bits per heavy atom. The third-order valence-corrected chi connectivity index (χ3v) is 4.06. The number of hydrogen-bond acceptors (Lipinski definition) is 2. The zero-order valence-electron chi connectivity index (χ0n) is 10.6. The molecule has 2 aromatic rings. The van der Waals surface area contributed by atoms with Crippen LogP contribution in [0.5, 0.6) is 0 Å². The Morgan fingerprint density at radius 3 is 2.42 bits per heavy atom. The number of benzene rings is 1. The molecule has 1 aromatic heterocycles. The summed E-state index contributed by atoms with van der Waals surface area (Å²) in [6.45, 7) is 4.11. The van der Waals surface area contributed by atoms with E-state index in [0.29, 0.717) is 6.07 Å². The molecule has 102 valence electrons. The average Bonchev–Trinajstić information content (AvgIpc) is 2.78. The van der Waals surface area contributed by atoms with E-state index < -0.39 is 17.5 Å². The third-order valence-electron chi connectivity index (χ3n) is 2.88. The highest BCUT2D eigenvalue weighted by Gasteiger charge is 2.12. The maximum Gasteiger partial charge on any atom is 0.161 e. The Kier molecular flexibility index (Phi) is 4.27. The van der Waals surface area contributed by atoms with Crippen LogP contribution in [0, 0.1) is 24.4 Å². The Balaban J connectivity index is 2.04. The van der Waals surface area contributed by atoms with Crippen molar-refractivity contribution in [3.8, 4) is 0 Å². The molecule has 2 rings (SSSR count). The molecule has 0 aliphatic carbocycles. The van der Waals surface area contributed by atoms with Crippen molar-refractivity contribution in [3.05, 3.63) is 57.0 Å². The van der Waals surface area contributed by atoms with Crippen molar-refractivity contribution in [2.45, 2.75) is 26.4 Å². The number of aryl methyl sites for hydroxylation is 1. The minimum absolute atomic E-state index is 0.0335. The molecule has 0 radical (unpaired) electrons. The van der Waals surface area contributed by atoms with Gasteiger partial charge in [0.25, 0.3) is 0 Å². The molecule has 1 atom stereocenters. The predicted octanol–water partition coefficient (Wildman–Crippen LogP) is 4.32. The van der Waals surface area contributed by atoms with Crippen molar-refractivity contribution in [3.63, 3.8) is 0 Å². The monoisotopic (exact) mass is 285 g/mol. The zero-order valence-corrected chi connectivity index (χ0v) is 11.5. The van der Waals surface area contributed by atoms with Gasteiger partial charge >= 0.3 is 0 Å². The second kappa shape index (κ2) is 5.75. The molecule has 1 aromatic carbocycles. The Hall–Kier alpha value is -1.33. The van der Waals surface area contributed by atoms with Gasteiger partial charge in [0.15, 0.2) is 11.6 Å². The molecule has 0 amide bonds. The average molecular weight is 285 g/mol.